The van der Waals surface area contributed by atoms with Crippen molar-refractivity contribution >= 4 is 27.6 Å². The van der Waals surface area contributed by atoms with Gasteiger partial charge in [0.15, 0.2) is 0 Å². The Morgan fingerprint density at radius 3 is 2.55 bits per heavy atom. The van der Waals surface area contributed by atoms with Gasteiger partial charge in [-0.1, -0.05) is 11.6 Å². The molecule has 5 nitrogen and oxygen atoms in total. The van der Waals surface area contributed by atoms with E-state index in [4.69, 9.17) is 11.6 Å². The first-order chi connectivity index (χ1) is 9.28. The van der Waals surface area contributed by atoms with Crippen LogP contribution in [-0.4, -0.2) is 18.4 Å². The van der Waals surface area contributed by atoms with E-state index in [1.807, 2.05) is 4.72 Å². The molecule has 0 fully saturated rings. The summed E-state index contributed by atoms with van der Waals surface area (Å²) in [4.78, 5) is 6.60. The fourth-order valence-corrected chi connectivity index (χ4v) is 2.71. The van der Waals surface area contributed by atoms with Crippen molar-refractivity contribution in [3.8, 4) is 0 Å². The van der Waals surface area contributed by atoms with Crippen LogP contribution < -0.4 is 4.72 Å². The fourth-order valence-electron chi connectivity index (χ4n) is 1.43. The summed E-state index contributed by atoms with van der Waals surface area (Å²) in [6.45, 7) is 1.58. The SMILES string of the molecule is Cc1cc(Cl)nc(NS(=O)(=O)c2cc(F)ccc2F)n1. The number of halogens is 3. The van der Waals surface area contributed by atoms with Gasteiger partial charge in [-0.05, 0) is 31.2 Å². The molecule has 0 spiro atoms. The van der Waals surface area contributed by atoms with E-state index in [0.29, 0.717) is 17.8 Å². The molecule has 0 saturated carbocycles. The monoisotopic (exact) mass is 319 g/mol. The highest BCUT2D eigenvalue weighted by Gasteiger charge is 2.21. The van der Waals surface area contributed by atoms with Gasteiger partial charge in [0.2, 0.25) is 5.95 Å². The Morgan fingerprint density at radius 1 is 1.20 bits per heavy atom. The number of nitrogens with zero attached hydrogens (tertiary/aromatic N) is 2. The minimum Gasteiger partial charge on any atom is -0.247 e. The van der Waals surface area contributed by atoms with Crippen molar-refractivity contribution in [1.82, 2.24) is 9.97 Å². The predicted octanol–water partition coefficient (Wildman–Crippen LogP) is 2.52. The average Bonchev–Trinajstić information content (AvgIpc) is 2.30. The zero-order valence-electron chi connectivity index (χ0n) is 10.1. The van der Waals surface area contributed by atoms with Crippen LogP contribution >= 0.6 is 11.6 Å². The molecule has 0 bridgehead atoms. The third-order valence-corrected chi connectivity index (χ3v) is 3.77. The molecule has 0 aliphatic carbocycles. The van der Waals surface area contributed by atoms with Gasteiger partial charge in [-0.3, -0.25) is 0 Å². The third-order valence-electron chi connectivity index (χ3n) is 2.23. The molecule has 106 valence electrons. The van der Waals surface area contributed by atoms with Crippen molar-refractivity contribution in [2.24, 2.45) is 0 Å². The smallest absolute Gasteiger partial charge is 0.247 e. The number of nitrogens with one attached hydrogen (secondary N) is 1. The fraction of sp³-hybridized carbons (Fsp3) is 0.0909. The molecule has 0 aliphatic heterocycles. The van der Waals surface area contributed by atoms with Crippen molar-refractivity contribution in [3.05, 3.63) is 46.7 Å². The standard InChI is InChI=1S/C11H8ClF2N3O2S/c1-6-4-10(12)16-11(15-6)17-20(18,19)9-5-7(13)2-3-8(9)14/h2-5H,1H3,(H,15,16,17). The Kier molecular flexibility index (Phi) is 3.87. The molecule has 1 heterocycles. The summed E-state index contributed by atoms with van der Waals surface area (Å²) < 4.78 is 52.4. The lowest BCUT2D eigenvalue weighted by molar-refractivity contribution is 0.555. The number of aromatic nitrogens is 2. The maximum atomic E-state index is 13.5. The van der Waals surface area contributed by atoms with Crippen molar-refractivity contribution in [3.63, 3.8) is 0 Å². The summed E-state index contributed by atoms with van der Waals surface area (Å²) in [5, 5.41) is 0.0231. The van der Waals surface area contributed by atoms with Gasteiger partial charge in [0.25, 0.3) is 10.0 Å². The number of anilines is 1. The highest BCUT2D eigenvalue weighted by atomic mass is 35.5. The van der Waals surface area contributed by atoms with E-state index in [-0.39, 0.29) is 11.1 Å². The van der Waals surface area contributed by atoms with E-state index in [1.165, 1.54) is 6.07 Å². The van der Waals surface area contributed by atoms with Crippen LogP contribution in [0.2, 0.25) is 5.15 Å². The number of hydrogen-bond acceptors (Lipinski definition) is 4. The molecule has 1 N–H and O–H groups in total. The number of rotatable bonds is 3. The Morgan fingerprint density at radius 2 is 1.90 bits per heavy atom. The van der Waals surface area contributed by atoms with E-state index in [1.54, 1.807) is 6.92 Å². The van der Waals surface area contributed by atoms with Crippen LogP contribution in [0.15, 0.2) is 29.2 Å². The summed E-state index contributed by atoms with van der Waals surface area (Å²) in [6, 6.07) is 3.51. The Labute approximate surface area is 118 Å². The minimum atomic E-state index is -4.35. The lowest BCUT2D eigenvalue weighted by atomic mass is 10.3. The molecule has 2 aromatic rings. The molecule has 2 rings (SSSR count). The maximum Gasteiger partial charge on any atom is 0.267 e. The molecule has 0 atom stereocenters. The van der Waals surface area contributed by atoms with Gasteiger partial charge in [-0.2, -0.15) is 0 Å². The van der Waals surface area contributed by atoms with E-state index in [0.717, 1.165) is 6.07 Å². The first-order valence-electron chi connectivity index (χ1n) is 5.27. The van der Waals surface area contributed by atoms with Crippen LogP contribution in [-0.2, 0) is 10.0 Å². The van der Waals surface area contributed by atoms with Crippen LogP contribution in [0.1, 0.15) is 5.69 Å². The largest absolute Gasteiger partial charge is 0.267 e. The second kappa shape index (κ2) is 5.29. The van der Waals surface area contributed by atoms with Crippen molar-refractivity contribution in [2.45, 2.75) is 11.8 Å². The van der Waals surface area contributed by atoms with Gasteiger partial charge in [-0.25, -0.2) is 31.9 Å². The Bertz CT molecular complexity index is 748. The highest BCUT2D eigenvalue weighted by Crippen LogP contribution is 2.19. The maximum absolute atomic E-state index is 13.5. The summed E-state index contributed by atoms with van der Waals surface area (Å²) in [7, 11) is -4.35. The minimum absolute atomic E-state index is 0.0231. The molecule has 0 unspecified atom stereocenters. The molecular weight excluding hydrogens is 312 g/mol. The zero-order valence-corrected chi connectivity index (χ0v) is 11.6. The molecule has 0 aliphatic rings. The van der Waals surface area contributed by atoms with Crippen LogP contribution in [0, 0.1) is 18.6 Å². The summed E-state index contributed by atoms with van der Waals surface area (Å²) >= 11 is 5.66. The van der Waals surface area contributed by atoms with Gasteiger partial charge in [0.05, 0.1) is 0 Å². The highest BCUT2D eigenvalue weighted by molar-refractivity contribution is 7.92. The Hall–Kier alpha value is -1.80. The van der Waals surface area contributed by atoms with Crippen molar-refractivity contribution < 1.29 is 17.2 Å². The van der Waals surface area contributed by atoms with Crippen LogP contribution in [0.3, 0.4) is 0 Å². The van der Waals surface area contributed by atoms with Crippen LogP contribution in [0.25, 0.3) is 0 Å². The van der Waals surface area contributed by atoms with E-state index in [9.17, 15) is 17.2 Å². The topological polar surface area (TPSA) is 72.0 Å². The van der Waals surface area contributed by atoms with Gasteiger partial charge >= 0.3 is 0 Å². The number of sulfonamides is 1. The lowest BCUT2D eigenvalue weighted by Gasteiger charge is -2.08. The molecule has 9 heteroatoms. The van der Waals surface area contributed by atoms with E-state index >= 15 is 0 Å². The molecular formula is C11H8ClF2N3O2S. The first-order valence-corrected chi connectivity index (χ1v) is 7.13. The quantitative estimate of drug-likeness (QED) is 0.882. The number of hydrogen-bond donors (Lipinski definition) is 1. The van der Waals surface area contributed by atoms with Crippen molar-refractivity contribution in [2.75, 3.05) is 4.72 Å². The van der Waals surface area contributed by atoms with Gasteiger partial charge in [-0.15, -0.1) is 0 Å². The van der Waals surface area contributed by atoms with Crippen LogP contribution in [0.5, 0.6) is 0 Å². The molecule has 0 radical (unpaired) electrons. The second-order valence-electron chi connectivity index (χ2n) is 3.84. The molecule has 1 aromatic carbocycles. The van der Waals surface area contributed by atoms with E-state index in [2.05, 4.69) is 9.97 Å². The Balaban J connectivity index is 2.43. The molecule has 0 saturated heterocycles. The molecule has 20 heavy (non-hydrogen) atoms. The van der Waals surface area contributed by atoms with Crippen molar-refractivity contribution in [1.29, 1.82) is 0 Å². The summed E-state index contributed by atoms with van der Waals surface area (Å²) in [6.07, 6.45) is 0. The normalized spacial score (nSPS) is 11.4. The van der Waals surface area contributed by atoms with Gasteiger partial charge in [0, 0.05) is 5.69 Å². The van der Waals surface area contributed by atoms with Gasteiger partial charge in [0.1, 0.15) is 21.7 Å². The lowest BCUT2D eigenvalue weighted by Crippen LogP contribution is -2.17. The molecule has 1 aromatic heterocycles. The second-order valence-corrected chi connectivity index (χ2v) is 5.87. The zero-order chi connectivity index (χ0) is 14.9. The predicted molar refractivity (Wildman–Crippen MR) is 68.9 cm³/mol. The van der Waals surface area contributed by atoms with Gasteiger partial charge < -0.3 is 0 Å². The average molecular weight is 320 g/mol. The van der Waals surface area contributed by atoms with Crippen LogP contribution in [0.4, 0.5) is 14.7 Å². The number of aryl methyl sites for hydroxylation is 1. The summed E-state index contributed by atoms with van der Waals surface area (Å²) in [5.74, 6) is -2.29. The van der Waals surface area contributed by atoms with E-state index < -0.39 is 26.6 Å². The third kappa shape index (κ3) is 3.20. The molecule has 0 amide bonds. The first kappa shape index (κ1) is 14.6. The summed E-state index contributed by atoms with van der Waals surface area (Å²) in [5.41, 5.74) is 0.419. The number of benzene rings is 1.